The molecule has 21 heavy (non-hydrogen) atoms. The first kappa shape index (κ1) is 14.5. The molecule has 0 amide bonds. The van der Waals surface area contributed by atoms with Gasteiger partial charge in [-0.25, -0.2) is 0 Å². The monoisotopic (exact) mass is 282 g/mol. The molecular weight excluding hydrogens is 256 g/mol. The smallest absolute Gasteiger partial charge is 0.0354 e. The number of hydrogen-bond acceptors (Lipinski definition) is 2. The first-order valence-electron chi connectivity index (χ1n) is 8.46. The van der Waals surface area contributed by atoms with Crippen LogP contribution in [0, 0.1) is 5.92 Å². The van der Waals surface area contributed by atoms with Gasteiger partial charge < -0.3 is 5.32 Å². The van der Waals surface area contributed by atoms with Gasteiger partial charge in [-0.1, -0.05) is 44.4 Å². The van der Waals surface area contributed by atoms with E-state index in [9.17, 15) is 0 Å². The summed E-state index contributed by atoms with van der Waals surface area (Å²) in [5, 5.41) is 6.45. The molecule has 2 aromatic rings. The van der Waals surface area contributed by atoms with Crippen molar-refractivity contribution in [2.45, 2.75) is 51.5 Å². The Hall–Kier alpha value is -1.41. The maximum atomic E-state index is 4.27. The highest BCUT2D eigenvalue weighted by Gasteiger charge is 2.25. The maximum Gasteiger partial charge on any atom is 0.0354 e. The van der Waals surface area contributed by atoms with Gasteiger partial charge in [0.1, 0.15) is 0 Å². The van der Waals surface area contributed by atoms with Crippen LogP contribution in [0.2, 0.25) is 0 Å². The summed E-state index contributed by atoms with van der Waals surface area (Å²) in [6.45, 7) is 3.35. The van der Waals surface area contributed by atoms with E-state index in [4.69, 9.17) is 0 Å². The third-order valence-corrected chi connectivity index (χ3v) is 4.79. The van der Waals surface area contributed by atoms with Crippen LogP contribution >= 0.6 is 0 Å². The quantitative estimate of drug-likeness (QED) is 0.847. The second-order valence-electron chi connectivity index (χ2n) is 6.27. The second-order valence-corrected chi connectivity index (χ2v) is 6.27. The number of nitrogens with one attached hydrogen (secondary N) is 1. The average molecular weight is 282 g/mol. The molecule has 1 N–H and O–H groups in total. The van der Waals surface area contributed by atoms with E-state index >= 15 is 0 Å². The Morgan fingerprint density at radius 3 is 2.86 bits per heavy atom. The van der Waals surface area contributed by atoms with E-state index in [0.29, 0.717) is 6.04 Å². The van der Waals surface area contributed by atoms with Crippen LogP contribution in [0.5, 0.6) is 0 Å². The normalized spacial score (nSPS) is 18.0. The molecule has 3 rings (SSSR count). The number of fused-ring (bicyclic) bond motifs is 1. The molecule has 1 saturated carbocycles. The van der Waals surface area contributed by atoms with E-state index in [1.54, 1.807) is 0 Å². The van der Waals surface area contributed by atoms with Crippen LogP contribution in [-0.4, -0.2) is 11.5 Å². The topological polar surface area (TPSA) is 24.9 Å². The van der Waals surface area contributed by atoms with Gasteiger partial charge in [0.2, 0.25) is 0 Å². The zero-order valence-electron chi connectivity index (χ0n) is 13.0. The van der Waals surface area contributed by atoms with E-state index < -0.39 is 0 Å². The van der Waals surface area contributed by atoms with E-state index in [0.717, 1.165) is 12.5 Å². The third-order valence-electron chi connectivity index (χ3n) is 4.79. The molecule has 0 radical (unpaired) electrons. The van der Waals surface area contributed by atoms with Crippen molar-refractivity contribution >= 4 is 10.8 Å². The molecule has 112 valence electrons. The van der Waals surface area contributed by atoms with Crippen molar-refractivity contribution in [2.75, 3.05) is 6.54 Å². The van der Waals surface area contributed by atoms with Gasteiger partial charge in [0.25, 0.3) is 0 Å². The van der Waals surface area contributed by atoms with Crippen molar-refractivity contribution in [2.24, 2.45) is 5.92 Å². The fourth-order valence-electron chi connectivity index (χ4n) is 3.72. The highest BCUT2D eigenvalue weighted by atomic mass is 14.9. The van der Waals surface area contributed by atoms with Crippen LogP contribution in [0.4, 0.5) is 0 Å². The van der Waals surface area contributed by atoms with Crippen molar-refractivity contribution in [1.29, 1.82) is 0 Å². The SMILES string of the molecule is CCCNC(c1cccc2cnccc12)C1CCCCC1. The molecule has 0 aliphatic heterocycles. The molecule has 1 aromatic heterocycles. The first-order chi connectivity index (χ1) is 10.4. The Bertz CT molecular complexity index is 567. The summed E-state index contributed by atoms with van der Waals surface area (Å²) in [6.07, 6.45) is 12.0. The molecule has 1 aromatic carbocycles. The lowest BCUT2D eigenvalue weighted by molar-refractivity contribution is 0.273. The predicted octanol–water partition coefficient (Wildman–Crippen LogP) is 4.86. The van der Waals surface area contributed by atoms with Crippen LogP contribution in [-0.2, 0) is 0 Å². The largest absolute Gasteiger partial charge is 0.310 e. The zero-order chi connectivity index (χ0) is 14.5. The van der Waals surface area contributed by atoms with E-state index in [-0.39, 0.29) is 0 Å². The van der Waals surface area contributed by atoms with Gasteiger partial charge in [-0.2, -0.15) is 0 Å². The number of benzene rings is 1. The van der Waals surface area contributed by atoms with Crippen LogP contribution in [0.15, 0.2) is 36.7 Å². The van der Waals surface area contributed by atoms with Gasteiger partial charge >= 0.3 is 0 Å². The fourth-order valence-corrected chi connectivity index (χ4v) is 3.72. The van der Waals surface area contributed by atoms with Crippen molar-refractivity contribution < 1.29 is 0 Å². The Balaban J connectivity index is 1.96. The molecule has 0 spiro atoms. The summed E-state index contributed by atoms with van der Waals surface area (Å²) in [7, 11) is 0. The highest BCUT2D eigenvalue weighted by Crippen LogP contribution is 2.36. The summed E-state index contributed by atoms with van der Waals surface area (Å²) in [5.74, 6) is 0.782. The van der Waals surface area contributed by atoms with Gasteiger partial charge in [0.05, 0.1) is 0 Å². The second kappa shape index (κ2) is 7.04. The van der Waals surface area contributed by atoms with Crippen molar-refractivity contribution in [3.63, 3.8) is 0 Å². The Morgan fingerprint density at radius 2 is 2.05 bits per heavy atom. The molecule has 1 heterocycles. The van der Waals surface area contributed by atoms with Crippen LogP contribution in [0.1, 0.15) is 57.1 Å². The molecule has 2 heteroatoms. The first-order valence-corrected chi connectivity index (χ1v) is 8.46. The zero-order valence-corrected chi connectivity index (χ0v) is 13.0. The summed E-state index contributed by atoms with van der Waals surface area (Å²) in [4.78, 5) is 4.27. The lowest BCUT2D eigenvalue weighted by atomic mass is 9.80. The summed E-state index contributed by atoms with van der Waals surface area (Å²) in [5.41, 5.74) is 1.47. The Morgan fingerprint density at radius 1 is 1.19 bits per heavy atom. The Kier molecular flexibility index (Phi) is 4.87. The fraction of sp³-hybridized carbons (Fsp3) is 0.526. The van der Waals surface area contributed by atoms with Crippen molar-refractivity contribution in [3.05, 3.63) is 42.2 Å². The molecule has 1 atom stereocenters. The molecule has 1 fully saturated rings. The molecular formula is C19H26N2. The highest BCUT2D eigenvalue weighted by molar-refractivity contribution is 5.85. The van der Waals surface area contributed by atoms with Crippen molar-refractivity contribution in [1.82, 2.24) is 10.3 Å². The predicted molar refractivity (Wildman–Crippen MR) is 89.4 cm³/mol. The van der Waals surface area contributed by atoms with Gasteiger partial charge in [0, 0.05) is 23.8 Å². The molecule has 0 bridgehead atoms. The Labute approximate surface area is 128 Å². The van der Waals surface area contributed by atoms with Crippen LogP contribution < -0.4 is 5.32 Å². The average Bonchev–Trinajstić information content (AvgIpc) is 2.56. The number of hydrogen-bond donors (Lipinski definition) is 1. The molecule has 1 unspecified atom stereocenters. The minimum Gasteiger partial charge on any atom is -0.310 e. The standard InChI is InChI=1S/C19H26N2/c1-2-12-21-19(15-7-4-3-5-8-15)18-10-6-9-16-14-20-13-11-17(16)18/h6,9-11,13-15,19,21H,2-5,7-8,12H2,1H3. The van der Waals surface area contributed by atoms with Gasteiger partial charge in [-0.3, -0.25) is 4.98 Å². The third kappa shape index (κ3) is 3.26. The van der Waals surface area contributed by atoms with Crippen LogP contribution in [0.3, 0.4) is 0 Å². The molecule has 1 aliphatic carbocycles. The molecule has 0 saturated heterocycles. The summed E-state index contributed by atoms with van der Waals surface area (Å²) in [6, 6.07) is 9.33. The number of rotatable bonds is 5. The van der Waals surface area contributed by atoms with Crippen molar-refractivity contribution in [3.8, 4) is 0 Å². The van der Waals surface area contributed by atoms with Crippen LogP contribution in [0.25, 0.3) is 10.8 Å². The number of pyridine rings is 1. The summed E-state index contributed by atoms with van der Waals surface area (Å²) < 4.78 is 0. The van der Waals surface area contributed by atoms with Gasteiger partial charge in [-0.15, -0.1) is 0 Å². The van der Waals surface area contributed by atoms with E-state index in [1.165, 1.54) is 54.9 Å². The van der Waals surface area contributed by atoms with Gasteiger partial charge in [-0.05, 0) is 48.7 Å². The minimum atomic E-state index is 0.497. The van der Waals surface area contributed by atoms with E-state index in [1.807, 2.05) is 12.4 Å². The number of aromatic nitrogens is 1. The van der Waals surface area contributed by atoms with E-state index in [2.05, 4.69) is 41.5 Å². The minimum absolute atomic E-state index is 0.497. The maximum absolute atomic E-state index is 4.27. The number of nitrogens with zero attached hydrogens (tertiary/aromatic N) is 1. The van der Waals surface area contributed by atoms with Gasteiger partial charge in [0.15, 0.2) is 0 Å². The lowest BCUT2D eigenvalue weighted by Gasteiger charge is -2.32. The molecule has 2 nitrogen and oxygen atoms in total. The molecule has 1 aliphatic rings. The lowest BCUT2D eigenvalue weighted by Crippen LogP contribution is -2.30. The summed E-state index contributed by atoms with van der Waals surface area (Å²) >= 11 is 0.